The number of anilines is 4. The quantitative estimate of drug-likeness (QED) is 0.206. The number of benzene rings is 2. The van der Waals surface area contributed by atoms with Gasteiger partial charge < -0.3 is 35.2 Å². The van der Waals surface area contributed by atoms with Crippen molar-refractivity contribution in [3.05, 3.63) is 73.5 Å². The summed E-state index contributed by atoms with van der Waals surface area (Å²) in [6.45, 7) is 10.9. The van der Waals surface area contributed by atoms with Crippen LogP contribution in [0.4, 0.5) is 27.4 Å². The van der Waals surface area contributed by atoms with Crippen LogP contribution in [0.25, 0.3) is 10.9 Å². The van der Waals surface area contributed by atoms with Gasteiger partial charge in [-0.3, -0.25) is 4.79 Å². The number of nitrogens with zero attached hydrogens (tertiary/aromatic N) is 5. The molecule has 2 saturated heterocycles. The monoisotopic (exact) mass is 626 g/mol. The van der Waals surface area contributed by atoms with Crippen LogP contribution in [0, 0.1) is 5.82 Å². The summed E-state index contributed by atoms with van der Waals surface area (Å²) in [5, 5.41) is 10.9. The van der Waals surface area contributed by atoms with Crippen molar-refractivity contribution in [3.8, 4) is 17.2 Å². The van der Waals surface area contributed by atoms with Crippen LogP contribution >= 0.6 is 0 Å². The van der Waals surface area contributed by atoms with Crippen LogP contribution in [-0.4, -0.2) is 77.2 Å². The SMILES string of the molecule is C=CC(=O)N1CCC(Nc2cc3c(Nc4ccc(Oc5ccnc(N6C[C@@H](C)N[C@@H](C)C6)c5)cc4F)ncnc3cc2OC)CC1. The number of rotatable bonds is 9. The first-order valence-electron chi connectivity index (χ1n) is 15.5. The molecule has 2 aromatic heterocycles. The van der Waals surface area contributed by atoms with Gasteiger partial charge >= 0.3 is 0 Å². The first-order chi connectivity index (χ1) is 22.3. The summed E-state index contributed by atoms with van der Waals surface area (Å²) in [7, 11) is 1.61. The molecule has 0 bridgehead atoms. The zero-order chi connectivity index (χ0) is 32.2. The third-order valence-electron chi connectivity index (χ3n) is 8.33. The van der Waals surface area contributed by atoms with Gasteiger partial charge in [0.05, 0.1) is 24.0 Å². The van der Waals surface area contributed by atoms with E-state index in [1.807, 2.05) is 18.2 Å². The molecule has 46 heavy (non-hydrogen) atoms. The minimum Gasteiger partial charge on any atom is -0.495 e. The van der Waals surface area contributed by atoms with Crippen LogP contribution in [-0.2, 0) is 4.79 Å². The molecule has 2 atom stereocenters. The molecule has 12 heteroatoms. The van der Waals surface area contributed by atoms with E-state index in [4.69, 9.17) is 9.47 Å². The number of methoxy groups -OCH3 is 1. The summed E-state index contributed by atoms with van der Waals surface area (Å²) in [5.41, 5.74) is 1.66. The molecule has 1 amide bonds. The number of pyridine rings is 1. The number of hydrogen-bond donors (Lipinski definition) is 3. The van der Waals surface area contributed by atoms with E-state index in [2.05, 4.69) is 56.2 Å². The minimum absolute atomic E-state index is 0.0527. The molecule has 2 aromatic carbocycles. The molecule has 4 aromatic rings. The van der Waals surface area contributed by atoms with Crippen molar-refractivity contribution >= 4 is 39.8 Å². The van der Waals surface area contributed by atoms with Gasteiger partial charge in [-0.05, 0) is 57.0 Å². The number of halogens is 1. The van der Waals surface area contributed by atoms with Crippen LogP contribution in [0.3, 0.4) is 0 Å². The Morgan fingerprint density at radius 1 is 1.02 bits per heavy atom. The molecular formula is C34H39FN8O3. The Kier molecular flexibility index (Phi) is 9.16. The van der Waals surface area contributed by atoms with E-state index >= 15 is 4.39 Å². The maximum absolute atomic E-state index is 15.4. The molecule has 2 aliphatic rings. The van der Waals surface area contributed by atoms with Crippen molar-refractivity contribution in [2.24, 2.45) is 0 Å². The van der Waals surface area contributed by atoms with Gasteiger partial charge in [-0.1, -0.05) is 6.58 Å². The predicted octanol–water partition coefficient (Wildman–Crippen LogP) is 5.48. The summed E-state index contributed by atoms with van der Waals surface area (Å²) in [6.07, 6.45) is 6.06. The highest BCUT2D eigenvalue weighted by Crippen LogP contribution is 2.35. The normalized spacial score (nSPS) is 18.7. The van der Waals surface area contributed by atoms with E-state index in [0.717, 1.165) is 37.4 Å². The topological polar surface area (TPSA) is 117 Å². The Hall–Kier alpha value is -4.97. The number of piperazine rings is 1. The lowest BCUT2D eigenvalue weighted by atomic mass is 10.0. The standard InChI is InChI=1S/C34H39FN8O3/c1-5-33(44)42-12-9-23(10-13-42)40-30-16-26-29(17-31(30)45-4)37-20-38-34(26)41-28-7-6-24(14-27(28)35)46-25-8-11-36-32(15-25)43-18-21(2)39-22(3)19-43/h5-8,11,14-17,20-23,39-40H,1,9-10,12-13,18-19H2,2-4H3,(H,37,38,41)/t21-,22+. The molecule has 0 spiro atoms. The number of carbonyl (C=O) groups is 1. The number of likely N-dealkylation sites (tertiary alicyclic amines) is 1. The molecule has 2 aliphatic heterocycles. The summed E-state index contributed by atoms with van der Waals surface area (Å²) in [5.74, 6) is 2.32. The largest absolute Gasteiger partial charge is 0.495 e. The lowest BCUT2D eigenvalue weighted by Crippen LogP contribution is -2.54. The number of nitrogens with one attached hydrogen (secondary N) is 3. The average molecular weight is 627 g/mol. The second kappa shape index (κ2) is 13.6. The molecule has 0 saturated carbocycles. The Bertz CT molecular complexity index is 1720. The van der Waals surface area contributed by atoms with Crippen molar-refractivity contribution in [2.45, 2.75) is 44.8 Å². The van der Waals surface area contributed by atoms with E-state index in [1.165, 1.54) is 18.5 Å². The Morgan fingerprint density at radius 2 is 1.78 bits per heavy atom. The number of hydrogen-bond acceptors (Lipinski definition) is 10. The lowest BCUT2D eigenvalue weighted by Gasteiger charge is -2.36. The van der Waals surface area contributed by atoms with E-state index in [-0.39, 0.29) is 17.6 Å². The fourth-order valence-corrected chi connectivity index (χ4v) is 6.13. The van der Waals surface area contributed by atoms with Crippen LogP contribution in [0.15, 0.2) is 67.6 Å². The van der Waals surface area contributed by atoms with Crippen molar-refractivity contribution in [3.63, 3.8) is 0 Å². The number of ether oxygens (including phenoxy) is 2. The van der Waals surface area contributed by atoms with Crippen LogP contribution < -0.4 is 30.3 Å². The van der Waals surface area contributed by atoms with E-state index in [0.29, 0.717) is 59.1 Å². The van der Waals surface area contributed by atoms with Gasteiger partial charge in [0.2, 0.25) is 5.91 Å². The molecule has 11 nitrogen and oxygen atoms in total. The average Bonchev–Trinajstić information content (AvgIpc) is 3.05. The molecule has 3 N–H and O–H groups in total. The van der Waals surface area contributed by atoms with Crippen LogP contribution in [0.1, 0.15) is 26.7 Å². The summed E-state index contributed by atoms with van der Waals surface area (Å²) >= 11 is 0. The van der Waals surface area contributed by atoms with E-state index in [1.54, 1.807) is 36.4 Å². The third kappa shape index (κ3) is 6.96. The van der Waals surface area contributed by atoms with E-state index in [9.17, 15) is 4.79 Å². The number of aromatic nitrogens is 3. The molecule has 2 fully saturated rings. The zero-order valence-electron chi connectivity index (χ0n) is 26.3. The number of amides is 1. The second-order valence-electron chi connectivity index (χ2n) is 11.8. The number of piperidine rings is 1. The van der Waals surface area contributed by atoms with E-state index < -0.39 is 5.82 Å². The number of carbonyl (C=O) groups excluding carboxylic acids is 1. The minimum atomic E-state index is -0.490. The first kappa shape index (κ1) is 31.0. The van der Waals surface area contributed by atoms with Crippen molar-refractivity contribution in [1.29, 1.82) is 0 Å². The van der Waals surface area contributed by atoms with Gasteiger partial charge in [0.15, 0.2) is 0 Å². The highest BCUT2D eigenvalue weighted by atomic mass is 19.1. The van der Waals surface area contributed by atoms with Gasteiger partial charge in [0, 0.05) is 74.1 Å². The Balaban J connectivity index is 1.17. The van der Waals surface area contributed by atoms with Crippen LogP contribution in [0.5, 0.6) is 17.2 Å². The summed E-state index contributed by atoms with van der Waals surface area (Å²) in [4.78, 5) is 29.4. The highest BCUT2D eigenvalue weighted by molar-refractivity contribution is 5.95. The third-order valence-corrected chi connectivity index (χ3v) is 8.33. The summed E-state index contributed by atoms with van der Waals surface area (Å²) < 4.78 is 27.1. The molecule has 240 valence electrons. The number of fused-ring (bicyclic) bond motifs is 1. The maximum Gasteiger partial charge on any atom is 0.245 e. The highest BCUT2D eigenvalue weighted by Gasteiger charge is 2.24. The van der Waals surface area contributed by atoms with Gasteiger partial charge in [-0.25, -0.2) is 19.3 Å². The van der Waals surface area contributed by atoms with Crippen molar-refractivity contribution in [2.75, 3.05) is 48.8 Å². The van der Waals surface area contributed by atoms with Gasteiger partial charge in [-0.2, -0.15) is 0 Å². The molecule has 0 unspecified atom stereocenters. The maximum atomic E-state index is 15.4. The molecular weight excluding hydrogens is 587 g/mol. The molecule has 0 aliphatic carbocycles. The summed E-state index contributed by atoms with van der Waals surface area (Å²) in [6, 6.07) is 12.9. The lowest BCUT2D eigenvalue weighted by molar-refractivity contribution is -0.126. The molecule has 6 rings (SSSR count). The second-order valence-corrected chi connectivity index (χ2v) is 11.8. The predicted molar refractivity (Wildman–Crippen MR) is 178 cm³/mol. The Labute approximate surface area is 267 Å². The molecule has 4 heterocycles. The van der Waals surface area contributed by atoms with Crippen molar-refractivity contribution < 1.29 is 18.7 Å². The zero-order valence-corrected chi connectivity index (χ0v) is 26.3. The fraction of sp³-hybridized carbons (Fsp3) is 0.353. The van der Waals surface area contributed by atoms with Gasteiger partial charge in [-0.15, -0.1) is 0 Å². The van der Waals surface area contributed by atoms with Crippen LogP contribution in [0.2, 0.25) is 0 Å². The van der Waals surface area contributed by atoms with Gasteiger partial charge in [0.25, 0.3) is 0 Å². The first-order valence-corrected chi connectivity index (χ1v) is 15.5. The van der Waals surface area contributed by atoms with Crippen molar-refractivity contribution in [1.82, 2.24) is 25.2 Å². The van der Waals surface area contributed by atoms with Gasteiger partial charge in [0.1, 0.15) is 41.0 Å². The molecule has 0 radical (unpaired) electrons. The Morgan fingerprint density at radius 3 is 2.50 bits per heavy atom. The fourth-order valence-electron chi connectivity index (χ4n) is 6.13. The smallest absolute Gasteiger partial charge is 0.245 e.